The number of carbonyl (C=O) groups excluding carboxylic acids is 1. The van der Waals surface area contributed by atoms with Crippen molar-refractivity contribution < 1.29 is 9.53 Å². The molecular weight excluding hydrogens is 216 g/mol. The molecule has 0 saturated heterocycles. The lowest BCUT2D eigenvalue weighted by atomic mass is 10.2. The highest BCUT2D eigenvalue weighted by Gasteiger charge is 1.98. The van der Waals surface area contributed by atoms with E-state index in [1.807, 2.05) is 30.3 Å². The number of rotatable bonds is 2. The third-order valence-corrected chi connectivity index (χ3v) is 1.86. The maximum atomic E-state index is 10.4. The van der Waals surface area contributed by atoms with E-state index in [1.54, 1.807) is 20.4 Å². The van der Waals surface area contributed by atoms with Crippen molar-refractivity contribution in [3.63, 3.8) is 0 Å². The predicted molar refractivity (Wildman–Crippen MR) is 65.8 cm³/mol. The van der Waals surface area contributed by atoms with Crippen LogP contribution in [0.3, 0.4) is 0 Å². The van der Waals surface area contributed by atoms with Crippen LogP contribution in [0.4, 0.5) is 0 Å². The lowest BCUT2D eigenvalue weighted by molar-refractivity contribution is 0.111. The molecule has 0 saturated carbocycles. The van der Waals surface area contributed by atoms with Crippen LogP contribution in [0.1, 0.15) is 10.5 Å². The van der Waals surface area contributed by atoms with Crippen molar-refractivity contribution >= 4 is 6.29 Å². The molecule has 4 heteroatoms. The highest BCUT2D eigenvalue weighted by atomic mass is 16.4. The summed E-state index contributed by atoms with van der Waals surface area (Å²) in [6.45, 7) is 0. The first-order chi connectivity index (χ1) is 8.31. The van der Waals surface area contributed by atoms with Gasteiger partial charge in [0.05, 0.1) is 18.1 Å². The zero-order valence-corrected chi connectivity index (χ0v) is 9.83. The van der Waals surface area contributed by atoms with E-state index in [9.17, 15) is 4.79 Å². The molecule has 0 atom stereocenters. The van der Waals surface area contributed by atoms with Gasteiger partial charge in [0.2, 0.25) is 0 Å². The Morgan fingerprint density at radius 1 is 1.06 bits per heavy atom. The van der Waals surface area contributed by atoms with Crippen LogP contribution in [0, 0.1) is 0 Å². The first kappa shape index (κ1) is 13.0. The van der Waals surface area contributed by atoms with Gasteiger partial charge in [-0.25, -0.2) is 4.98 Å². The molecule has 0 aliphatic heterocycles. The Balaban J connectivity index is 0.000000437. The molecule has 4 nitrogen and oxygen atoms in total. The molecule has 0 aliphatic carbocycles. The Morgan fingerprint density at radius 2 is 1.71 bits per heavy atom. The van der Waals surface area contributed by atoms with Gasteiger partial charge >= 0.3 is 0 Å². The predicted octanol–water partition coefficient (Wildman–Crippen LogP) is 2.22. The summed E-state index contributed by atoms with van der Waals surface area (Å²) in [5, 5.41) is 0. The van der Waals surface area contributed by atoms with Crippen molar-refractivity contribution in [2.75, 3.05) is 14.2 Å². The summed E-state index contributed by atoms with van der Waals surface area (Å²) in [7, 11) is 3.25. The second-order valence-corrected chi connectivity index (χ2v) is 3.22. The molecule has 0 bridgehead atoms. The molecule has 1 heterocycles. The van der Waals surface area contributed by atoms with Crippen LogP contribution in [-0.4, -0.2) is 30.5 Å². The van der Waals surface area contributed by atoms with E-state index in [0.717, 1.165) is 11.3 Å². The van der Waals surface area contributed by atoms with Crippen LogP contribution in [-0.2, 0) is 4.74 Å². The van der Waals surface area contributed by atoms with Gasteiger partial charge in [-0.15, -0.1) is 0 Å². The van der Waals surface area contributed by atoms with Gasteiger partial charge in [0.15, 0.2) is 6.29 Å². The molecule has 0 N–H and O–H groups in total. The monoisotopic (exact) mass is 230 g/mol. The zero-order valence-electron chi connectivity index (χ0n) is 9.83. The van der Waals surface area contributed by atoms with E-state index in [2.05, 4.69) is 14.7 Å². The van der Waals surface area contributed by atoms with Crippen molar-refractivity contribution in [2.24, 2.45) is 0 Å². The van der Waals surface area contributed by atoms with E-state index >= 15 is 0 Å². The molecule has 0 radical (unpaired) electrons. The van der Waals surface area contributed by atoms with Gasteiger partial charge < -0.3 is 4.74 Å². The molecule has 0 unspecified atom stereocenters. The fraction of sp³-hybridized carbons (Fsp3) is 0.154. The van der Waals surface area contributed by atoms with E-state index in [4.69, 9.17) is 0 Å². The molecule has 1 aromatic heterocycles. The third-order valence-electron chi connectivity index (χ3n) is 1.86. The van der Waals surface area contributed by atoms with Crippen LogP contribution in [0.15, 0.2) is 42.7 Å². The van der Waals surface area contributed by atoms with Crippen molar-refractivity contribution in [1.82, 2.24) is 9.97 Å². The van der Waals surface area contributed by atoms with Crippen molar-refractivity contribution in [3.8, 4) is 11.3 Å². The Morgan fingerprint density at radius 3 is 2.18 bits per heavy atom. The Kier molecular flexibility index (Phi) is 5.54. The topological polar surface area (TPSA) is 52.1 Å². The molecule has 1 aromatic carbocycles. The average molecular weight is 230 g/mol. The summed E-state index contributed by atoms with van der Waals surface area (Å²) >= 11 is 0. The highest BCUT2D eigenvalue weighted by Crippen LogP contribution is 2.13. The van der Waals surface area contributed by atoms with Crippen LogP contribution in [0.2, 0.25) is 0 Å². The molecule has 0 aliphatic rings. The molecule has 2 aromatic rings. The molecule has 0 amide bonds. The Hall–Kier alpha value is -2.07. The van der Waals surface area contributed by atoms with Crippen molar-refractivity contribution in [3.05, 3.63) is 48.4 Å². The number of aldehydes is 1. The van der Waals surface area contributed by atoms with E-state index in [-0.39, 0.29) is 0 Å². The number of ether oxygens (including phenoxy) is 1. The molecule has 0 fully saturated rings. The Labute approximate surface area is 100 Å². The summed E-state index contributed by atoms with van der Waals surface area (Å²) in [5.41, 5.74) is 2.12. The van der Waals surface area contributed by atoms with E-state index in [0.29, 0.717) is 12.0 Å². The zero-order chi connectivity index (χ0) is 12.5. The van der Waals surface area contributed by atoms with Crippen LogP contribution < -0.4 is 0 Å². The second kappa shape index (κ2) is 7.24. The van der Waals surface area contributed by atoms with Crippen molar-refractivity contribution in [2.45, 2.75) is 0 Å². The van der Waals surface area contributed by atoms with Gasteiger partial charge in [0, 0.05) is 19.8 Å². The molecular formula is C13H14N2O2. The quantitative estimate of drug-likeness (QED) is 0.742. The number of nitrogens with zero attached hydrogens (tertiary/aromatic N) is 2. The fourth-order valence-corrected chi connectivity index (χ4v) is 1.16. The lowest BCUT2D eigenvalue weighted by Crippen LogP contribution is -1.90. The molecule has 88 valence electrons. The van der Waals surface area contributed by atoms with Gasteiger partial charge in [-0.05, 0) is 0 Å². The summed E-state index contributed by atoms with van der Waals surface area (Å²) in [6.07, 6.45) is 3.75. The minimum atomic E-state index is 0.352. The summed E-state index contributed by atoms with van der Waals surface area (Å²) in [5.74, 6) is 0. The van der Waals surface area contributed by atoms with E-state index in [1.165, 1.54) is 6.20 Å². The standard InChI is InChI=1S/C11H8N2O.C2H6O/c14-8-10-6-13-11(7-12-10)9-4-2-1-3-5-9;1-3-2/h1-8H;1-2H3. The van der Waals surface area contributed by atoms with Gasteiger partial charge in [0.25, 0.3) is 0 Å². The van der Waals surface area contributed by atoms with Gasteiger partial charge in [-0.2, -0.15) is 0 Å². The summed E-state index contributed by atoms with van der Waals surface area (Å²) in [6, 6.07) is 9.71. The number of aromatic nitrogens is 2. The second-order valence-electron chi connectivity index (χ2n) is 3.22. The number of methoxy groups -OCH3 is 1. The number of benzene rings is 1. The maximum Gasteiger partial charge on any atom is 0.170 e. The normalized spacial score (nSPS) is 9.06. The first-order valence-electron chi connectivity index (χ1n) is 5.04. The lowest BCUT2D eigenvalue weighted by Gasteiger charge is -1.98. The third kappa shape index (κ3) is 4.12. The van der Waals surface area contributed by atoms with Gasteiger partial charge in [0.1, 0.15) is 5.69 Å². The van der Waals surface area contributed by atoms with Gasteiger partial charge in [-0.1, -0.05) is 30.3 Å². The summed E-state index contributed by atoms with van der Waals surface area (Å²) in [4.78, 5) is 18.4. The molecule has 2 rings (SSSR count). The smallest absolute Gasteiger partial charge is 0.170 e. The number of hydrogen-bond acceptors (Lipinski definition) is 4. The van der Waals surface area contributed by atoms with E-state index < -0.39 is 0 Å². The molecule has 0 spiro atoms. The minimum absolute atomic E-state index is 0.352. The highest BCUT2D eigenvalue weighted by molar-refractivity contribution is 5.71. The minimum Gasteiger partial charge on any atom is -0.388 e. The summed E-state index contributed by atoms with van der Waals surface area (Å²) < 4.78 is 4.25. The SMILES string of the molecule is COC.O=Cc1cnc(-c2ccccc2)cn1. The molecule has 17 heavy (non-hydrogen) atoms. The average Bonchev–Trinajstić information content (AvgIpc) is 2.41. The first-order valence-corrected chi connectivity index (χ1v) is 5.04. The Bertz CT molecular complexity index is 441. The number of carbonyl (C=O) groups is 1. The number of hydrogen-bond donors (Lipinski definition) is 0. The van der Waals surface area contributed by atoms with Gasteiger partial charge in [-0.3, -0.25) is 9.78 Å². The van der Waals surface area contributed by atoms with Crippen LogP contribution in [0.5, 0.6) is 0 Å². The van der Waals surface area contributed by atoms with Crippen LogP contribution in [0.25, 0.3) is 11.3 Å². The van der Waals surface area contributed by atoms with Crippen LogP contribution >= 0.6 is 0 Å². The fourth-order valence-electron chi connectivity index (χ4n) is 1.16. The largest absolute Gasteiger partial charge is 0.388 e. The van der Waals surface area contributed by atoms with Crippen molar-refractivity contribution in [1.29, 1.82) is 0 Å². The maximum absolute atomic E-state index is 10.4.